The number of halogens is 1. The van der Waals surface area contributed by atoms with Gasteiger partial charge in [-0.05, 0) is 43.3 Å². The van der Waals surface area contributed by atoms with Crippen LogP contribution in [0.1, 0.15) is 12.8 Å². The highest BCUT2D eigenvalue weighted by Gasteiger charge is 2.22. The monoisotopic (exact) mass is 485 g/mol. The number of nitrogens with one attached hydrogen (secondary N) is 1. The molecule has 2 aromatic heterocycles. The number of amides is 1. The van der Waals surface area contributed by atoms with Gasteiger partial charge in [0.1, 0.15) is 12.2 Å². The highest BCUT2D eigenvalue weighted by molar-refractivity contribution is 7.73. The molecule has 0 radical (unpaired) electrons. The van der Waals surface area contributed by atoms with E-state index in [-0.39, 0.29) is 24.1 Å². The summed E-state index contributed by atoms with van der Waals surface area (Å²) < 4.78 is 9.53. The van der Waals surface area contributed by atoms with Crippen molar-refractivity contribution in [2.75, 3.05) is 13.2 Å². The predicted molar refractivity (Wildman–Crippen MR) is 130 cm³/mol. The van der Waals surface area contributed by atoms with Crippen LogP contribution in [0.25, 0.3) is 27.0 Å². The Morgan fingerprint density at radius 1 is 1.22 bits per heavy atom. The van der Waals surface area contributed by atoms with Gasteiger partial charge in [-0.1, -0.05) is 41.9 Å². The van der Waals surface area contributed by atoms with Crippen LogP contribution in [0, 0.1) is 3.95 Å². The Kier molecular flexibility index (Phi) is 5.86. The molecule has 1 N–H and O–H groups in total. The maximum Gasteiger partial charge on any atom is 0.262 e. The summed E-state index contributed by atoms with van der Waals surface area (Å²) in [5, 5.41) is 3.97. The zero-order valence-electron chi connectivity index (χ0n) is 17.0. The number of carbonyl (C=O) groups is 1. The lowest BCUT2D eigenvalue weighted by molar-refractivity contribution is -0.122. The Balaban J connectivity index is 1.68. The summed E-state index contributed by atoms with van der Waals surface area (Å²) in [6, 6.07) is 14.7. The van der Waals surface area contributed by atoms with Crippen molar-refractivity contribution in [1.29, 1.82) is 0 Å². The van der Waals surface area contributed by atoms with Gasteiger partial charge in [0.05, 0.1) is 21.9 Å². The zero-order valence-corrected chi connectivity index (χ0v) is 19.4. The first kappa shape index (κ1) is 21.3. The average Bonchev–Trinajstić information content (AvgIpc) is 3.43. The first-order valence-corrected chi connectivity index (χ1v) is 11.9. The number of hydrogen-bond donors (Lipinski definition) is 1. The highest BCUT2D eigenvalue weighted by Crippen LogP contribution is 2.36. The standard InChI is InChI=1S/C23H20ClN3O3S2/c24-17-9-3-1-7-15(17)20-21-26(13-19(28)25-12-14-6-5-11-30-14)22(29)16-8-2-4-10-18(16)27(21)23(31)32-20/h1-4,7-10,14H,5-6,11-13H2,(H,25,28). The number of nitrogens with zero attached hydrogens (tertiary/aromatic N) is 2. The van der Waals surface area contributed by atoms with Crippen LogP contribution in [0.15, 0.2) is 53.3 Å². The molecule has 1 saturated heterocycles. The third-order valence-electron chi connectivity index (χ3n) is 5.63. The first-order chi connectivity index (χ1) is 15.5. The molecular formula is C23H20ClN3O3S2. The minimum Gasteiger partial charge on any atom is -0.376 e. The van der Waals surface area contributed by atoms with Crippen LogP contribution in [0.5, 0.6) is 0 Å². The molecule has 0 saturated carbocycles. The van der Waals surface area contributed by atoms with Gasteiger partial charge in [0.2, 0.25) is 5.91 Å². The molecule has 1 atom stereocenters. The summed E-state index contributed by atoms with van der Waals surface area (Å²) in [6.45, 7) is 1.03. The molecule has 6 nitrogen and oxygen atoms in total. The van der Waals surface area contributed by atoms with Crippen molar-refractivity contribution in [3.8, 4) is 10.4 Å². The van der Waals surface area contributed by atoms with E-state index in [2.05, 4.69) is 5.32 Å². The van der Waals surface area contributed by atoms with Gasteiger partial charge in [0.25, 0.3) is 5.56 Å². The van der Waals surface area contributed by atoms with Crippen molar-refractivity contribution in [1.82, 2.24) is 14.3 Å². The molecule has 164 valence electrons. The Labute approximate surface area is 198 Å². The number of fused-ring (bicyclic) bond motifs is 3. The molecule has 2 aromatic carbocycles. The van der Waals surface area contributed by atoms with Gasteiger partial charge < -0.3 is 10.1 Å². The van der Waals surface area contributed by atoms with Crippen molar-refractivity contribution in [2.45, 2.75) is 25.5 Å². The zero-order chi connectivity index (χ0) is 22.2. The molecule has 3 heterocycles. The quantitative estimate of drug-likeness (QED) is 0.417. The molecule has 0 spiro atoms. The van der Waals surface area contributed by atoms with Crippen LogP contribution in [0.4, 0.5) is 0 Å². The summed E-state index contributed by atoms with van der Waals surface area (Å²) in [7, 11) is 0. The number of ether oxygens (including phenoxy) is 1. The van der Waals surface area contributed by atoms with Gasteiger partial charge in [0, 0.05) is 23.7 Å². The molecule has 5 rings (SSSR count). The van der Waals surface area contributed by atoms with E-state index >= 15 is 0 Å². The number of para-hydroxylation sites is 1. The summed E-state index contributed by atoms with van der Waals surface area (Å²) in [5.74, 6) is -0.248. The van der Waals surface area contributed by atoms with E-state index in [0.717, 1.165) is 29.9 Å². The molecule has 32 heavy (non-hydrogen) atoms. The van der Waals surface area contributed by atoms with Crippen molar-refractivity contribution < 1.29 is 9.53 Å². The molecule has 1 unspecified atom stereocenters. The number of hydrogen-bond acceptors (Lipinski definition) is 5. The second-order valence-corrected chi connectivity index (χ2v) is 9.73. The summed E-state index contributed by atoms with van der Waals surface area (Å²) in [4.78, 5) is 27.1. The van der Waals surface area contributed by atoms with Crippen LogP contribution in [0.2, 0.25) is 5.02 Å². The lowest BCUT2D eigenvalue weighted by Crippen LogP contribution is -2.37. The van der Waals surface area contributed by atoms with E-state index in [0.29, 0.717) is 32.1 Å². The minimum atomic E-state index is -0.248. The molecule has 0 aliphatic carbocycles. The van der Waals surface area contributed by atoms with E-state index in [4.69, 9.17) is 28.6 Å². The van der Waals surface area contributed by atoms with E-state index < -0.39 is 0 Å². The highest BCUT2D eigenvalue weighted by atomic mass is 35.5. The number of rotatable bonds is 5. The smallest absolute Gasteiger partial charge is 0.262 e. The number of aromatic nitrogens is 2. The van der Waals surface area contributed by atoms with Crippen LogP contribution in [-0.4, -0.2) is 34.1 Å². The summed E-state index contributed by atoms with van der Waals surface area (Å²) >= 11 is 13.6. The maximum absolute atomic E-state index is 13.5. The van der Waals surface area contributed by atoms with Gasteiger partial charge in [-0.2, -0.15) is 0 Å². The first-order valence-electron chi connectivity index (χ1n) is 10.3. The van der Waals surface area contributed by atoms with Crippen LogP contribution in [0.3, 0.4) is 0 Å². The van der Waals surface area contributed by atoms with Gasteiger partial charge in [-0.25, -0.2) is 0 Å². The largest absolute Gasteiger partial charge is 0.376 e. The van der Waals surface area contributed by atoms with Gasteiger partial charge >= 0.3 is 0 Å². The van der Waals surface area contributed by atoms with E-state index in [1.54, 1.807) is 12.1 Å². The number of carbonyl (C=O) groups excluding carboxylic acids is 1. The molecule has 1 aliphatic heterocycles. The molecule has 0 bridgehead atoms. The lowest BCUT2D eigenvalue weighted by Gasteiger charge is -2.15. The molecule has 4 aromatic rings. The van der Waals surface area contributed by atoms with Gasteiger partial charge in [-0.15, -0.1) is 11.3 Å². The molecular weight excluding hydrogens is 466 g/mol. The predicted octanol–water partition coefficient (Wildman–Crippen LogP) is 4.66. The van der Waals surface area contributed by atoms with Crippen molar-refractivity contribution >= 4 is 57.6 Å². The molecule has 1 amide bonds. The Morgan fingerprint density at radius 2 is 2.00 bits per heavy atom. The summed E-state index contributed by atoms with van der Waals surface area (Å²) in [6.07, 6.45) is 1.96. The van der Waals surface area contributed by atoms with Gasteiger partial charge in [0.15, 0.2) is 3.95 Å². The average molecular weight is 486 g/mol. The lowest BCUT2D eigenvalue weighted by atomic mass is 10.2. The fourth-order valence-electron chi connectivity index (χ4n) is 4.11. The fourth-order valence-corrected chi connectivity index (χ4v) is 5.87. The maximum atomic E-state index is 13.5. The van der Waals surface area contributed by atoms with Crippen LogP contribution < -0.4 is 10.9 Å². The SMILES string of the molecule is O=C(Cn1c(=O)c2ccccc2n2c(=S)sc(-c3ccccc3Cl)c12)NCC1CCCO1. The topological polar surface area (TPSA) is 64.7 Å². The Bertz CT molecular complexity index is 1450. The third kappa shape index (κ3) is 3.77. The van der Waals surface area contributed by atoms with E-state index in [1.807, 2.05) is 40.8 Å². The normalized spacial score (nSPS) is 16.1. The number of thiazole rings is 1. The Morgan fingerprint density at radius 3 is 2.78 bits per heavy atom. The Hall–Kier alpha value is -2.52. The summed E-state index contributed by atoms with van der Waals surface area (Å²) in [5.41, 5.74) is 1.82. The van der Waals surface area contributed by atoms with E-state index in [1.165, 1.54) is 15.9 Å². The van der Waals surface area contributed by atoms with Gasteiger partial charge in [-0.3, -0.25) is 18.6 Å². The van der Waals surface area contributed by atoms with Crippen LogP contribution >= 0.6 is 35.2 Å². The molecule has 9 heteroatoms. The van der Waals surface area contributed by atoms with E-state index in [9.17, 15) is 9.59 Å². The van der Waals surface area contributed by atoms with Crippen molar-refractivity contribution in [3.63, 3.8) is 0 Å². The third-order valence-corrected chi connectivity index (χ3v) is 7.36. The fraction of sp³-hybridized carbons (Fsp3) is 0.261. The van der Waals surface area contributed by atoms with Crippen molar-refractivity contribution in [2.24, 2.45) is 0 Å². The molecule has 1 aliphatic rings. The van der Waals surface area contributed by atoms with Crippen LogP contribution in [-0.2, 0) is 16.1 Å². The minimum absolute atomic E-state index is 0.0285. The number of benzene rings is 2. The second kappa shape index (κ2) is 8.78. The molecule has 1 fully saturated rings. The second-order valence-electron chi connectivity index (χ2n) is 7.68. The van der Waals surface area contributed by atoms with Crippen molar-refractivity contribution in [3.05, 3.63) is 67.9 Å².